The van der Waals surface area contributed by atoms with Gasteiger partial charge in [-0.2, -0.15) is 0 Å². The predicted octanol–water partition coefficient (Wildman–Crippen LogP) is 4.87. The van der Waals surface area contributed by atoms with Gasteiger partial charge in [-0.25, -0.2) is 4.79 Å². The third-order valence-corrected chi connectivity index (χ3v) is 4.60. The van der Waals surface area contributed by atoms with E-state index < -0.39 is 12.1 Å². The third-order valence-electron chi connectivity index (χ3n) is 4.60. The highest BCUT2D eigenvalue weighted by molar-refractivity contribution is 5.82. The van der Waals surface area contributed by atoms with Gasteiger partial charge >= 0.3 is 5.97 Å². The van der Waals surface area contributed by atoms with Crippen molar-refractivity contribution in [1.82, 2.24) is 0 Å². The average molecular weight is 404 g/mol. The lowest BCUT2D eigenvalue weighted by molar-refractivity contribution is -0.152. The molecule has 0 fully saturated rings. The summed E-state index contributed by atoms with van der Waals surface area (Å²) < 4.78 is 22.4. The van der Waals surface area contributed by atoms with Gasteiger partial charge in [0.05, 0.1) is 11.6 Å². The van der Waals surface area contributed by atoms with Gasteiger partial charge in [0.25, 0.3) is 0 Å². The van der Waals surface area contributed by atoms with Crippen molar-refractivity contribution >= 4 is 16.9 Å². The summed E-state index contributed by atoms with van der Waals surface area (Å²) in [5.41, 5.74) is 1.79. The molecule has 0 aliphatic heterocycles. The molecule has 30 heavy (non-hydrogen) atoms. The SMILES string of the molecule is Cc1ccc2oc(-c3ccco3)c(OC(C)C(=O)OCc3ccccc3)c(=O)c2c1. The highest BCUT2D eigenvalue weighted by Crippen LogP contribution is 2.32. The Hall–Kier alpha value is -3.80. The highest BCUT2D eigenvalue weighted by Gasteiger charge is 2.25. The minimum atomic E-state index is -1.02. The summed E-state index contributed by atoms with van der Waals surface area (Å²) in [6.45, 7) is 3.52. The van der Waals surface area contributed by atoms with E-state index in [0.29, 0.717) is 16.7 Å². The van der Waals surface area contributed by atoms with E-state index in [4.69, 9.17) is 18.3 Å². The van der Waals surface area contributed by atoms with Crippen molar-refractivity contribution in [1.29, 1.82) is 0 Å². The molecule has 0 N–H and O–H groups in total. The molecule has 0 amide bonds. The second kappa shape index (κ2) is 8.29. The van der Waals surface area contributed by atoms with Crippen LogP contribution in [0.3, 0.4) is 0 Å². The van der Waals surface area contributed by atoms with Crippen LogP contribution in [-0.2, 0) is 16.1 Å². The van der Waals surface area contributed by atoms with Crippen molar-refractivity contribution in [2.24, 2.45) is 0 Å². The first-order chi connectivity index (χ1) is 14.5. The molecule has 0 saturated heterocycles. The first-order valence-electron chi connectivity index (χ1n) is 9.51. The fourth-order valence-corrected chi connectivity index (χ4v) is 3.04. The molecule has 1 atom stereocenters. The fraction of sp³-hybridized carbons (Fsp3) is 0.167. The monoisotopic (exact) mass is 404 g/mol. The second-order valence-corrected chi connectivity index (χ2v) is 6.92. The number of carbonyl (C=O) groups is 1. The first-order valence-corrected chi connectivity index (χ1v) is 9.51. The van der Waals surface area contributed by atoms with E-state index >= 15 is 0 Å². The van der Waals surface area contributed by atoms with E-state index in [2.05, 4.69) is 0 Å². The predicted molar refractivity (Wildman–Crippen MR) is 111 cm³/mol. The summed E-state index contributed by atoms with van der Waals surface area (Å²) >= 11 is 0. The van der Waals surface area contributed by atoms with E-state index in [9.17, 15) is 9.59 Å². The molecule has 152 valence electrons. The molecule has 6 heteroatoms. The average Bonchev–Trinajstić information content (AvgIpc) is 3.29. The molecule has 4 aromatic rings. The van der Waals surface area contributed by atoms with Crippen LogP contribution in [0.15, 0.2) is 80.6 Å². The lowest BCUT2D eigenvalue weighted by Crippen LogP contribution is -2.28. The molecule has 6 nitrogen and oxygen atoms in total. The van der Waals surface area contributed by atoms with Crippen LogP contribution in [0.1, 0.15) is 18.1 Å². The van der Waals surface area contributed by atoms with Crippen LogP contribution in [-0.4, -0.2) is 12.1 Å². The molecule has 1 unspecified atom stereocenters. The summed E-state index contributed by atoms with van der Waals surface area (Å²) in [7, 11) is 0. The number of carbonyl (C=O) groups excluding carboxylic acids is 1. The van der Waals surface area contributed by atoms with Gasteiger partial charge in [0.15, 0.2) is 11.9 Å². The first kappa shape index (κ1) is 19.5. The van der Waals surface area contributed by atoms with E-state index in [0.717, 1.165) is 11.1 Å². The lowest BCUT2D eigenvalue weighted by Gasteiger charge is -2.15. The largest absolute Gasteiger partial charge is 0.471 e. The minimum absolute atomic E-state index is 0.0905. The molecule has 0 radical (unpaired) electrons. The van der Waals surface area contributed by atoms with Crippen LogP contribution in [0.2, 0.25) is 0 Å². The molecule has 2 heterocycles. The standard InChI is InChI=1S/C24H20O6/c1-15-10-11-19-18(13-15)21(25)23(22(30-19)20-9-6-12-27-20)29-16(2)24(26)28-14-17-7-4-3-5-8-17/h3-13,16H,14H2,1-2H3. The number of ether oxygens (including phenoxy) is 2. The molecule has 4 rings (SSSR count). The van der Waals surface area contributed by atoms with Crippen molar-refractivity contribution < 1.29 is 23.1 Å². The number of furan rings is 1. The van der Waals surface area contributed by atoms with Crippen molar-refractivity contribution in [3.63, 3.8) is 0 Å². The van der Waals surface area contributed by atoms with Crippen molar-refractivity contribution in [3.05, 3.63) is 88.3 Å². The Kier molecular flexibility index (Phi) is 5.39. The van der Waals surface area contributed by atoms with Crippen LogP contribution in [0.4, 0.5) is 0 Å². The number of hydrogen-bond acceptors (Lipinski definition) is 6. The van der Waals surface area contributed by atoms with Crippen LogP contribution < -0.4 is 10.2 Å². The van der Waals surface area contributed by atoms with Gasteiger partial charge in [0, 0.05) is 0 Å². The van der Waals surface area contributed by atoms with Crippen LogP contribution in [0, 0.1) is 6.92 Å². The Labute approximate surface area is 172 Å². The normalized spacial score (nSPS) is 11.9. The number of hydrogen-bond donors (Lipinski definition) is 0. The van der Waals surface area contributed by atoms with Gasteiger partial charge in [0.2, 0.25) is 16.9 Å². The summed E-state index contributed by atoms with van der Waals surface area (Å²) in [6.07, 6.45) is 0.447. The Bertz CT molecular complexity index is 1220. The van der Waals surface area contributed by atoms with Gasteiger partial charge in [-0.15, -0.1) is 0 Å². The zero-order valence-electron chi connectivity index (χ0n) is 16.6. The Morgan fingerprint density at radius 1 is 1.07 bits per heavy atom. The molecule has 0 saturated carbocycles. The van der Waals surface area contributed by atoms with E-state index in [-0.39, 0.29) is 23.5 Å². The molecular weight excluding hydrogens is 384 g/mol. The molecule has 0 bridgehead atoms. The summed E-state index contributed by atoms with van der Waals surface area (Å²) in [4.78, 5) is 25.6. The summed E-state index contributed by atoms with van der Waals surface area (Å²) in [5.74, 6) is -0.223. The topological polar surface area (TPSA) is 78.9 Å². The van der Waals surface area contributed by atoms with Gasteiger partial charge in [0.1, 0.15) is 12.2 Å². The second-order valence-electron chi connectivity index (χ2n) is 6.92. The van der Waals surface area contributed by atoms with Crippen LogP contribution in [0.25, 0.3) is 22.5 Å². The Balaban J connectivity index is 1.65. The Morgan fingerprint density at radius 3 is 2.60 bits per heavy atom. The van der Waals surface area contributed by atoms with E-state index in [1.165, 1.54) is 13.2 Å². The van der Waals surface area contributed by atoms with Gasteiger partial charge in [-0.05, 0) is 43.7 Å². The van der Waals surface area contributed by atoms with E-state index in [1.54, 1.807) is 24.3 Å². The number of aryl methyl sites for hydroxylation is 1. The Morgan fingerprint density at radius 2 is 1.87 bits per heavy atom. The zero-order chi connectivity index (χ0) is 21.1. The van der Waals surface area contributed by atoms with Gasteiger partial charge in [-0.3, -0.25) is 4.79 Å². The van der Waals surface area contributed by atoms with Gasteiger partial charge < -0.3 is 18.3 Å². The van der Waals surface area contributed by atoms with E-state index in [1.807, 2.05) is 43.3 Å². The number of benzene rings is 2. The molecule has 0 aliphatic carbocycles. The summed E-state index contributed by atoms with van der Waals surface area (Å²) in [5, 5.41) is 0.366. The number of esters is 1. The van der Waals surface area contributed by atoms with Crippen LogP contribution in [0.5, 0.6) is 5.75 Å². The number of rotatable bonds is 6. The highest BCUT2D eigenvalue weighted by atomic mass is 16.6. The fourth-order valence-electron chi connectivity index (χ4n) is 3.04. The lowest BCUT2D eigenvalue weighted by atomic mass is 10.1. The third kappa shape index (κ3) is 3.98. The van der Waals surface area contributed by atoms with Crippen molar-refractivity contribution in [2.75, 3.05) is 0 Å². The van der Waals surface area contributed by atoms with Crippen molar-refractivity contribution in [2.45, 2.75) is 26.6 Å². The van der Waals surface area contributed by atoms with Gasteiger partial charge in [-0.1, -0.05) is 42.0 Å². The molecular formula is C24H20O6. The maximum Gasteiger partial charge on any atom is 0.347 e. The smallest absolute Gasteiger partial charge is 0.347 e. The maximum atomic E-state index is 13.2. The molecule has 2 aromatic heterocycles. The molecule has 0 aliphatic rings. The zero-order valence-corrected chi connectivity index (χ0v) is 16.6. The maximum absolute atomic E-state index is 13.2. The molecule has 2 aromatic carbocycles. The summed E-state index contributed by atoms with van der Waals surface area (Å²) in [6, 6.07) is 17.9. The minimum Gasteiger partial charge on any atom is -0.471 e. The van der Waals surface area contributed by atoms with Crippen molar-refractivity contribution in [3.8, 4) is 17.3 Å². The number of fused-ring (bicyclic) bond motifs is 1. The van der Waals surface area contributed by atoms with Crippen LogP contribution >= 0.6 is 0 Å². The quantitative estimate of drug-likeness (QED) is 0.427. The molecule has 0 spiro atoms.